The lowest BCUT2D eigenvalue weighted by molar-refractivity contribution is 0.128. The Morgan fingerprint density at radius 3 is 2.67 bits per heavy atom. The van der Waals surface area contributed by atoms with E-state index in [1.54, 1.807) is 19.4 Å². The highest BCUT2D eigenvalue weighted by Crippen LogP contribution is 2.54. The van der Waals surface area contributed by atoms with Crippen LogP contribution in [-0.2, 0) is 17.9 Å². The fraction of sp³-hybridized carbons (Fsp3) is 0.423. The zero-order valence-electron chi connectivity index (χ0n) is 20.1. The van der Waals surface area contributed by atoms with Gasteiger partial charge in [0.05, 0.1) is 16.9 Å². The highest BCUT2D eigenvalue weighted by atomic mass is 19.1. The average Bonchev–Trinajstić information content (AvgIpc) is 3.50. The first-order chi connectivity index (χ1) is 17.4. The van der Waals surface area contributed by atoms with Crippen molar-refractivity contribution in [3.8, 4) is 0 Å². The number of benzene rings is 1. The van der Waals surface area contributed by atoms with E-state index in [1.165, 1.54) is 17.0 Å². The maximum absolute atomic E-state index is 14.9. The number of hydrogen-bond donors (Lipinski definition) is 1. The van der Waals surface area contributed by atoms with Crippen LogP contribution in [0.15, 0.2) is 24.5 Å². The summed E-state index contributed by atoms with van der Waals surface area (Å²) in [4.78, 5) is 32.5. The lowest BCUT2D eigenvalue weighted by Crippen LogP contribution is -2.29. The van der Waals surface area contributed by atoms with Crippen molar-refractivity contribution in [1.82, 2.24) is 24.5 Å². The number of anilines is 1. The maximum atomic E-state index is 14.9. The number of halogens is 1. The van der Waals surface area contributed by atoms with Crippen LogP contribution < -0.4 is 10.6 Å². The van der Waals surface area contributed by atoms with Crippen LogP contribution in [0, 0.1) is 24.6 Å². The van der Waals surface area contributed by atoms with Gasteiger partial charge in [0.25, 0.3) is 0 Å². The van der Waals surface area contributed by atoms with Crippen molar-refractivity contribution in [2.24, 2.45) is 17.6 Å². The van der Waals surface area contributed by atoms with Crippen LogP contribution in [0.25, 0.3) is 21.9 Å². The van der Waals surface area contributed by atoms with Crippen LogP contribution in [0.4, 0.5) is 14.9 Å². The Labute approximate surface area is 206 Å². The van der Waals surface area contributed by atoms with E-state index in [-0.39, 0.29) is 18.7 Å². The number of ether oxygens (including phenoxy) is 1. The quantitative estimate of drug-likeness (QED) is 0.468. The largest absolute Gasteiger partial charge is 0.427 e. The molecule has 9 nitrogen and oxygen atoms in total. The molecule has 1 aliphatic heterocycles. The second-order valence-electron chi connectivity index (χ2n) is 10.4. The predicted octanol–water partition coefficient (Wildman–Crippen LogP) is 3.80. The molecule has 2 aliphatic carbocycles. The molecule has 2 bridgehead atoms. The van der Waals surface area contributed by atoms with E-state index in [0.29, 0.717) is 46.6 Å². The number of hydrogen-bond acceptors (Lipinski definition) is 7. The molecular formula is C26H26FN7O2. The molecule has 0 saturated heterocycles. The van der Waals surface area contributed by atoms with Crippen molar-refractivity contribution < 1.29 is 13.9 Å². The molecule has 10 heteroatoms. The molecular weight excluding hydrogens is 461 g/mol. The van der Waals surface area contributed by atoms with Gasteiger partial charge in [-0.3, -0.25) is 9.47 Å². The number of aromatic nitrogens is 5. The first-order valence-electron chi connectivity index (χ1n) is 12.3. The number of fused-ring (bicyclic) bond motifs is 5. The minimum absolute atomic E-state index is 0.00701. The summed E-state index contributed by atoms with van der Waals surface area (Å²) in [6.45, 7) is 1.84. The van der Waals surface area contributed by atoms with Gasteiger partial charge in [-0.15, -0.1) is 0 Å². The van der Waals surface area contributed by atoms with E-state index >= 15 is 0 Å². The number of amides is 1. The number of carbonyl (C=O) groups is 1. The van der Waals surface area contributed by atoms with E-state index < -0.39 is 11.9 Å². The van der Waals surface area contributed by atoms with Gasteiger partial charge in [-0.05, 0) is 55.7 Å². The minimum Gasteiger partial charge on any atom is -0.427 e. The van der Waals surface area contributed by atoms with E-state index in [1.807, 2.05) is 11.5 Å². The van der Waals surface area contributed by atoms with E-state index in [0.717, 1.165) is 41.4 Å². The molecule has 7 rings (SSSR count). The van der Waals surface area contributed by atoms with Crippen LogP contribution in [0.2, 0.25) is 0 Å². The van der Waals surface area contributed by atoms with E-state index in [9.17, 15) is 9.18 Å². The summed E-state index contributed by atoms with van der Waals surface area (Å²) in [5, 5.41) is 1.55. The highest BCUT2D eigenvalue weighted by molar-refractivity contribution is 6.14. The van der Waals surface area contributed by atoms with Crippen LogP contribution in [0.3, 0.4) is 0 Å². The van der Waals surface area contributed by atoms with Crippen molar-refractivity contribution in [2.75, 3.05) is 11.9 Å². The topological polar surface area (TPSA) is 112 Å². The first-order valence-corrected chi connectivity index (χ1v) is 12.3. The summed E-state index contributed by atoms with van der Waals surface area (Å²) in [6, 6.07) is 3.14. The van der Waals surface area contributed by atoms with E-state index in [2.05, 4.69) is 9.97 Å². The third-order valence-electron chi connectivity index (χ3n) is 8.23. The Bertz CT molecular complexity index is 1550. The molecule has 1 amide bonds. The number of nitrogens with zero attached hydrogens (tertiary/aromatic N) is 6. The van der Waals surface area contributed by atoms with Gasteiger partial charge in [0.1, 0.15) is 23.1 Å². The number of cyclic esters (lactones) is 1. The van der Waals surface area contributed by atoms with Crippen LogP contribution in [-0.4, -0.2) is 43.7 Å². The molecule has 4 atom stereocenters. The van der Waals surface area contributed by atoms with Crippen molar-refractivity contribution in [3.05, 3.63) is 53.2 Å². The van der Waals surface area contributed by atoms with Gasteiger partial charge in [0.2, 0.25) is 0 Å². The molecule has 184 valence electrons. The monoisotopic (exact) mass is 487 g/mol. The average molecular weight is 488 g/mol. The summed E-state index contributed by atoms with van der Waals surface area (Å²) >= 11 is 0. The van der Waals surface area contributed by atoms with Gasteiger partial charge in [-0.2, -0.15) is 0 Å². The summed E-state index contributed by atoms with van der Waals surface area (Å²) in [5.41, 5.74) is 10.1. The van der Waals surface area contributed by atoms with Crippen LogP contribution >= 0.6 is 0 Å². The van der Waals surface area contributed by atoms with Gasteiger partial charge in [0.15, 0.2) is 6.73 Å². The summed E-state index contributed by atoms with van der Waals surface area (Å²) < 4.78 is 22.3. The van der Waals surface area contributed by atoms with Crippen molar-refractivity contribution >= 4 is 33.7 Å². The number of rotatable bonds is 3. The normalized spacial score (nSPS) is 25.1. The van der Waals surface area contributed by atoms with Gasteiger partial charge >= 0.3 is 6.09 Å². The molecule has 36 heavy (non-hydrogen) atoms. The van der Waals surface area contributed by atoms with Crippen LogP contribution in [0.1, 0.15) is 48.1 Å². The third kappa shape index (κ3) is 3.13. The van der Waals surface area contributed by atoms with Gasteiger partial charge in [-0.25, -0.2) is 29.1 Å². The standard InChI is InChI=1S/C26H26FN7O2/c1-12-29-9-13(10-30-12)3-21-31-23(17-5-15-4-14(17)6-19(15)28)22-18-7-16(27)8-20-24(18)34(25(22)32-21)11-36-26(35)33(20)2/h7-10,14-15,17,19H,3-6,11,28H2,1-2H3/t14-,15-,17?,19-/m1/s1. The fourth-order valence-corrected chi connectivity index (χ4v) is 6.52. The smallest absolute Gasteiger partial charge is 0.415 e. The van der Waals surface area contributed by atoms with Crippen molar-refractivity contribution in [3.63, 3.8) is 0 Å². The molecule has 2 fully saturated rings. The summed E-state index contributed by atoms with van der Waals surface area (Å²) in [6.07, 6.45) is 6.55. The highest BCUT2D eigenvalue weighted by Gasteiger charge is 2.46. The molecule has 1 aromatic carbocycles. The second-order valence-corrected chi connectivity index (χ2v) is 10.4. The summed E-state index contributed by atoms with van der Waals surface area (Å²) in [7, 11) is 1.59. The lowest BCUT2D eigenvalue weighted by Gasteiger charge is -2.26. The van der Waals surface area contributed by atoms with Crippen molar-refractivity contribution in [1.29, 1.82) is 0 Å². The van der Waals surface area contributed by atoms with Crippen LogP contribution in [0.5, 0.6) is 0 Å². The molecule has 3 aliphatic rings. The number of nitrogens with two attached hydrogens (primary N) is 1. The zero-order chi connectivity index (χ0) is 24.7. The molecule has 4 heterocycles. The molecule has 1 unspecified atom stereocenters. The number of carbonyl (C=O) groups excluding carboxylic acids is 1. The zero-order valence-corrected chi connectivity index (χ0v) is 20.1. The number of aryl methyl sites for hydroxylation is 1. The fourth-order valence-electron chi connectivity index (χ4n) is 6.52. The third-order valence-corrected chi connectivity index (χ3v) is 8.23. The maximum Gasteiger partial charge on any atom is 0.415 e. The lowest BCUT2D eigenvalue weighted by atomic mass is 9.83. The van der Waals surface area contributed by atoms with Gasteiger partial charge < -0.3 is 10.5 Å². The Kier molecular flexibility index (Phi) is 4.60. The van der Waals surface area contributed by atoms with Crippen molar-refractivity contribution in [2.45, 2.75) is 51.3 Å². The molecule has 0 spiro atoms. The summed E-state index contributed by atoms with van der Waals surface area (Å²) in [5.74, 6) is 2.07. The molecule has 0 radical (unpaired) electrons. The Morgan fingerprint density at radius 1 is 1.14 bits per heavy atom. The predicted molar refractivity (Wildman–Crippen MR) is 131 cm³/mol. The Morgan fingerprint density at radius 2 is 1.94 bits per heavy atom. The first kappa shape index (κ1) is 21.6. The second kappa shape index (κ2) is 7.67. The van der Waals surface area contributed by atoms with Gasteiger partial charge in [-0.1, -0.05) is 0 Å². The molecule has 4 aromatic rings. The minimum atomic E-state index is -0.535. The Hall–Kier alpha value is -3.66. The van der Waals surface area contributed by atoms with E-state index in [4.69, 9.17) is 20.4 Å². The molecule has 2 N–H and O–H groups in total. The Balaban J connectivity index is 1.50. The molecule has 3 aromatic heterocycles. The van der Waals surface area contributed by atoms with Gasteiger partial charge in [0, 0.05) is 48.6 Å². The molecule has 2 saturated carbocycles. The SMILES string of the molecule is Cc1ncc(Cc2nc(C3C[C@H]4C[C@@H]3C[C@H]4N)c3c4cc(F)cc5c4n(c3n2)COC(=O)N5C)cn1.